The zero-order valence-corrected chi connectivity index (χ0v) is 15.1. The molecule has 1 aromatic carbocycles. The van der Waals surface area contributed by atoms with E-state index in [-0.39, 0.29) is 32.2 Å². The van der Waals surface area contributed by atoms with E-state index in [1.165, 1.54) is 0 Å². The third-order valence-electron chi connectivity index (χ3n) is 3.52. The van der Waals surface area contributed by atoms with Crippen molar-refractivity contribution in [2.45, 2.75) is 32.8 Å². The summed E-state index contributed by atoms with van der Waals surface area (Å²) in [5, 5.41) is 28.1. The molecule has 0 aliphatic carbocycles. The second-order valence-electron chi connectivity index (χ2n) is 5.91. The molecule has 1 unspecified atom stereocenters. The van der Waals surface area contributed by atoms with Crippen LogP contribution in [0.15, 0.2) is 18.2 Å². The molecule has 6 heteroatoms. The van der Waals surface area contributed by atoms with Gasteiger partial charge in [-0.1, -0.05) is 26.0 Å². The van der Waals surface area contributed by atoms with E-state index in [2.05, 4.69) is 26.0 Å². The Morgan fingerprint density at radius 2 is 1.74 bits per heavy atom. The average molecular weight is 348 g/mol. The van der Waals surface area contributed by atoms with Crippen molar-refractivity contribution in [2.24, 2.45) is 0 Å². The van der Waals surface area contributed by atoms with Gasteiger partial charge in [0.05, 0.1) is 13.2 Å². The minimum atomic E-state index is -0.668. The van der Waals surface area contributed by atoms with Crippen LogP contribution in [0.4, 0.5) is 0 Å². The molecule has 0 saturated heterocycles. The third-order valence-corrected chi connectivity index (χ3v) is 3.52. The van der Waals surface area contributed by atoms with Gasteiger partial charge >= 0.3 is 0 Å². The van der Waals surface area contributed by atoms with Crippen LogP contribution in [0, 0.1) is 6.92 Å². The molecule has 23 heavy (non-hydrogen) atoms. The van der Waals surface area contributed by atoms with Gasteiger partial charge in [0, 0.05) is 19.6 Å². The predicted octanol–water partition coefficient (Wildman–Crippen LogP) is 1.57. The van der Waals surface area contributed by atoms with Gasteiger partial charge in [-0.15, -0.1) is 12.4 Å². The van der Waals surface area contributed by atoms with E-state index in [0.717, 1.165) is 16.9 Å². The number of aliphatic hydroxyl groups excluding tert-OH is 3. The van der Waals surface area contributed by atoms with Crippen molar-refractivity contribution in [1.82, 2.24) is 4.90 Å². The highest BCUT2D eigenvalue weighted by Crippen LogP contribution is 2.27. The molecule has 0 fully saturated rings. The first-order valence-corrected chi connectivity index (χ1v) is 7.83. The summed E-state index contributed by atoms with van der Waals surface area (Å²) >= 11 is 0. The van der Waals surface area contributed by atoms with Gasteiger partial charge in [-0.05, 0) is 30.0 Å². The zero-order chi connectivity index (χ0) is 16.5. The number of aryl methyl sites for hydroxylation is 1. The molecule has 0 aliphatic rings. The second kappa shape index (κ2) is 11.6. The Morgan fingerprint density at radius 3 is 2.26 bits per heavy atom. The van der Waals surface area contributed by atoms with Crippen LogP contribution < -0.4 is 4.74 Å². The lowest BCUT2D eigenvalue weighted by atomic mass is 10.0. The molecule has 1 atom stereocenters. The van der Waals surface area contributed by atoms with Gasteiger partial charge in [-0.25, -0.2) is 0 Å². The van der Waals surface area contributed by atoms with Crippen molar-refractivity contribution in [1.29, 1.82) is 0 Å². The van der Waals surface area contributed by atoms with Crippen LogP contribution in [0.5, 0.6) is 5.75 Å². The van der Waals surface area contributed by atoms with Crippen molar-refractivity contribution < 1.29 is 20.1 Å². The first kappa shape index (κ1) is 22.1. The number of aliphatic hydroxyl groups is 3. The minimum Gasteiger partial charge on any atom is -0.491 e. The average Bonchev–Trinajstić information content (AvgIpc) is 2.45. The summed E-state index contributed by atoms with van der Waals surface area (Å²) in [7, 11) is 0. The number of benzene rings is 1. The second-order valence-corrected chi connectivity index (χ2v) is 5.91. The number of ether oxygens (including phenoxy) is 1. The number of halogens is 1. The van der Waals surface area contributed by atoms with Crippen LogP contribution >= 0.6 is 12.4 Å². The van der Waals surface area contributed by atoms with Gasteiger partial charge in [-0.2, -0.15) is 0 Å². The quantitative estimate of drug-likeness (QED) is 0.599. The van der Waals surface area contributed by atoms with Crippen LogP contribution in [0.25, 0.3) is 0 Å². The Bertz CT molecular complexity index is 437. The molecule has 1 rings (SSSR count). The van der Waals surface area contributed by atoms with Crippen LogP contribution in [-0.4, -0.2) is 65.8 Å². The van der Waals surface area contributed by atoms with Crippen LogP contribution in [-0.2, 0) is 0 Å². The largest absolute Gasteiger partial charge is 0.491 e. The number of rotatable bonds is 10. The molecule has 0 saturated carbocycles. The Morgan fingerprint density at radius 1 is 1.13 bits per heavy atom. The third kappa shape index (κ3) is 7.99. The highest BCUT2D eigenvalue weighted by molar-refractivity contribution is 5.85. The van der Waals surface area contributed by atoms with E-state index >= 15 is 0 Å². The maximum Gasteiger partial charge on any atom is 0.123 e. The normalized spacial score (nSPS) is 12.3. The van der Waals surface area contributed by atoms with Gasteiger partial charge in [0.15, 0.2) is 0 Å². The lowest BCUT2D eigenvalue weighted by molar-refractivity contribution is 0.0549. The van der Waals surface area contributed by atoms with E-state index in [0.29, 0.717) is 25.6 Å². The van der Waals surface area contributed by atoms with Crippen molar-refractivity contribution >= 4 is 12.4 Å². The molecular formula is C17H30ClNO4. The van der Waals surface area contributed by atoms with Gasteiger partial charge in [0.1, 0.15) is 18.5 Å². The summed E-state index contributed by atoms with van der Waals surface area (Å²) in [6.45, 7) is 7.65. The summed E-state index contributed by atoms with van der Waals surface area (Å²) < 4.78 is 5.80. The first-order valence-electron chi connectivity index (χ1n) is 7.83. The molecule has 3 N–H and O–H groups in total. The van der Waals surface area contributed by atoms with E-state index in [1.807, 2.05) is 17.9 Å². The highest BCUT2D eigenvalue weighted by Gasteiger charge is 2.14. The lowest BCUT2D eigenvalue weighted by Crippen LogP contribution is -2.38. The Labute approximate surface area is 145 Å². The van der Waals surface area contributed by atoms with Crippen molar-refractivity contribution in [3.63, 3.8) is 0 Å². The van der Waals surface area contributed by atoms with Gasteiger partial charge in [0.25, 0.3) is 0 Å². The first-order chi connectivity index (χ1) is 10.5. The van der Waals surface area contributed by atoms with E-state index in [9.17, 15) is 5.11 Å². The summed E-state index contributed by atoms with van der Waals surface area (Å²) in [5.41, 5.74) is 2.25. The fraction of sp³-hybridized carbons (Fsp3) is 0.647. The maximum atomic E-state index is 10.1. The molecule has 0 spiro atoms. The molecule has 5 nitrogen and oxygen atoms in total. The zero-order valence-electron chi connectivity index (χ0n) is 14.2. The highest BCUT2D eigenvalue weighted by atomic mass is 35.5. The van der Waals surface area contributed by atoms with Crippen LogP contribution in [0.3, 0.4) is 0 Å². The van der Waals surface area contributed by atoms with Crippen molar-refractivity contribution in [3.05, 3.63) is 29.3 Å². The number of hydrogen-bond donors (Lipinski definition) is 3. The number of nitrogens with zero attached hydrogens (tertiary/aromatic N) is 1. The molecular weight excluding hydrogens is 318 g/mol. The molecule has 0 radical (unpaired) electrons. The fourth-order valence-electron chi connectivity index (χ4n) is 2.36. The van der Waals surface area contributed by atoms with Crippen molar-refractivity contribution in [3.8, 4) is 5.75 Å². The fourth-order valence-corrected chi connectivity index (χ4v) is 2.36. The van der Waals surface area contributed by atoms with Gasteiger partial charge < -0.3 is 20.1 Å². The van der Waals surface area contributed by atoms with Crippen LogP contribution in [0.1, 0.15) is 30.9 Å². The Balaban J connectivity index is 0.00000484. The summed E-state index contributed by atoms with van der Waals surface area (Å²) in [6, 6.07) is 6.11. The van der Waals surface area contributed by atoms with Gasteiger partial charge in [0.2, 0.25) is 0 Å². The topological polar surface area (TPSA) is 73.2 Å². The predicted molar refractivity (Wildman–Crippen MR) is 94.6 cm³/mol. The van der Waals surface area contributed by atoms with Crippen molar-refractivity contribution in [2.75, 3.05) is 39.5 Å². The van der Waals surface area contributed by atoms with E-state index in [4.69, 9.17) is 14.9 Å². The Hall–Kier alpha value is -0.850. The summed E-state index contributed by atoms with van der Waals surface area (Å²) in [4.78, 5) is 1.81. The Kier molecular flexibility index (Phi) is 11.2. The maximum absolute atomic E-state index is 10.1. The lowest BCUT2D eigenvalue weighted by Gasteiger charge is -2.24. The monoisotopic (exact) mass is 347 g/mol. The number of hydrogen-bond acceptors (Lipinski definition) is 5. The molecule has 0 aliphatic heterocycles. The van der Waals surface area contributed by atoms with E-state index < -0.39 is 6.10 Å². The minimum absolute atomic E-state index is 0. The molecule has 0 aromatic heterocycles. The molecule has 0 heterocycles. The van der Waals surface area contributed by atoms with E-state index in [1.54, 1.807) is 0 Å². The smallest absolute Gasteiger partial charge is 0.123 e. The van der Waals surface area contributed by atoms with Gasteiger partial charge in [-0.3, -0.25) is 4.90 Å². The molecule has 134 valence electrons. The summed E-state index contributed by atoms with van der Waals surface area (Å²) in [6.07, 6.45) is -0.668. The standard InChI is InChI=1S/C17H29NO4.ClH/c1-13(2)16-5-4-14(3)10-17(16)22-12-15(21)11-18(6-8-19)7-9-20;/h4-5,10,13,15,19-21H,6-9,11-12H2,1-3H3;1H. The van der Waals surface area contributed by atoms with Crippen LogP contribution in [0.2, 0.25) is 0 Å². The SMILES string of the molecule is Cc1ccc(C(C)C)c(OCC(O)CN(CCO)CCO)c1.Cl. The molecule has 0 bridgehead atoms. The summed E-state index contributed by atoms with van der Waals surface area (Å²) in [5.74, 6) is 1.16. The molecule has 1 aromatic rings. The molecule has 0 amide bonds.